The molecule has 0 spiro atoms. The Morgan fingerprint density at radius 1 is 0.491 bits per heavy atom. The molecule has 0 saturated carbocycles. The Balaban J connectivity index is 0.683. The fourth-order valence-corrected chi connectivity index (χ4v) is 13.8. The highest BCUT2D eigenvalue weighted by atomic mass is 35.5. The van der Waals surface area contributed by atoms with Gasteiger partial charge in [0.1, 0.15) is 76.6 Å². The number of methoxy groups -OCH3 is 5. The summed E-state index contributed by atoms with van der Waals surface area (Å²) in [5, 5.41) is 21.9. The molecular weight excluding hydrogens is 1510 g/mol. The minimum absolute atomic E-state index is 0.00115. The molecule has 0 aliphatic carbocycles. The quantitative estimate of drug-likeness (QED) is 0.0275. The number of para-hydroxylation sites is 3. The number of pyridine rings is 3. The fraction of sp³-hybridized carbons (Fsp3) is 0.114. The summed E-state index contributed by atoms with van der Waals surface area (Å²) in [6.45, 7) is 4.90. The van der Waals surface area contributed by atoms with Crippen molar-refractivity contribution in [2.45, 2.75) is 6.92 Å². The molecule has 0 saturated heterocycles. The maximum atomic E-state index is 14.4. The molecule has 548 valence electrons. The van der Waals surface area contributed by atoms with Crippen molar-refractivity contribution in [2.24, 2.45) is 7.05 Å². The highest BCUT2D eigenvalue weighted by Gasteiger charge is 2.26. The minimum atomic E-state index is -0.541. The van der Waals surface area contributed by atoms with E-state index >= 15 is 0 Å². The molecule has 0 unspecified atom stereocenters. The molecule has 6 N–H and O–H groups in total. The first kappa shape index (κ1) is 75.8. The third-order valence-corrected chi connectivity index (χ3v) is 19.2. The van der Waals surface area contributed by atoms with Crippen molar-refractivity contribution < 1.29 is 51.9 Å². The Kier molecular flexibility index (Phi) is 23.4. The molecule has 0 atom stereocenters. The minimum Gasteiger partial charge on any atom is -0.495 e. The number of rotatable bonds is 26. The Bertz CT molecular complexity index is 5720. The molecule has 22 nitrogen and oxygen atoms in total. The van der Waals surface area contributed by atoms with Gasteiger partial charge in [-0.3, -0.25) is 19.2 Å². The van der Waals surface area contributed by atoms with Crippen molar-refractivity contribution in [1.82, 2.24) is 24.5 Å². The summed E-state index contributed by atoms with van der Waals surface area (Å²) >= 11 is 41.4. The number of hydrogen-bond donors (Lipinski definition) is 6. The molecule has 12 aromatic rings. The third kappa shape index (κ3) is 16.3. The van der Waals surface area contributed by atoms with Gasteiger partial charge in [-0.1, -0.05) is 113 Å². The third-order valence-electron chi connectivity index (χ3n) is 16.9. The van der Waals surface area contributed by atoms with Crippen LogP contribution in [0.1, 0.15) is 5.56 Å². The summed E-state index contributed by atoms with van der Waals surface area (Å²) in [6, 6.07) is 35.4. The Hall–Kier alpha value is -11.8. The second-order valence-corrected chi connectivity index (χ2v) is 25.9. The predicted octanol–water partition coefficient (Wildman–Crippen LogP) is 19.3. The molecule has 3 amide bonds. The van der Waals surface area contributed by atoms with E-state index in [1.165, 1.54) is 82.6 Å². The van der Waals surface area contributed by atoms with E-state index in [1.807, 2.05) is 24.3 Å². The second-order valence-electron chi connectivity index (χ2n) is 23.6. The van der Waals surface area contributed by atoms with E-state index in [2.05, 4.69) is 58.4 Å². The van der Waals surface area contributed by atoms with Crippen LogP contribution < -0.4 is 70.6 Å². The number of hydrogen-bond acceptors (Lipinski definition) is 18. The number of carbonyl (C=O) groups is 3. The van der Waals surface area contributed by atoms with Gasteiger partial charge >= 0.3 is 0 Å². The van der Waals surface area contributed by atoms with Crippen LogP contribution in [-0.2, 0) is 21.4 Å². The molecule has 0 radical (unpaired) electrons. The van der Waals surface area contributed by atoms with Gasteiger partial charge in [0, 0.05) is 94.9 Å². The van der Waals surface area contributed by atoms with Crippen LogP contribution >= 0.6 is 69.6 Å². The summed E-state index contributed by atoms with van der Waals surface area (Å²) in [6.07, 6.45) is 11.5. The van der Waals surface area contributed by atoms with E-state index in [9.17, 15) is 23.6 Å². The Labute approximate surface area is 646 Å². The standard InChI is InChI=1S/C79H62Cl6FN11O11/c1-9-64(98)93-53-32-47(86)27-40(2)76(53)96-79-89-38-45-29-43(23-24-49(45)94-79)68-72(82)58(105-7)35-60(74(68)84)107-25-13-19-65(99)91-51-16-11-10-15-50(51)90-63-33-54-46(39-88-63)30-48(78(101)97(54)3)69-73(83)59(106-8)36-61(75(69)85)108-26-14-20-66(100)92-52-17-12-18-55(102-4)77(52)95-62-31-41-21-22-42(28-44(41)37-87-62)67-70(80)56(103-5)34-57(104-6)71(67)81/h9-24,27-39H,1,25-26H2,2-8H3,(H,87,95)(H,88,90)(H,91,99)(H,92,100)(H,93,98)(H,89,94,96). The first-order chi connectivity index (χ1) is 52.1. The smallest absolute Gasteiger partial charge is 0.258 e. The molecule has 12 rings (SSSR count). The lowest BCUT2D eigenvalue weighted by Crippen LogP contribution is -2.19. The predicted molar refractivity (Wildman–Crippen MR) is 427 cm³/mol. The lowest BCUT2D eigenvalue weighted by molar-refractivity contribution is -0.112. The van der Waals surface area contributed by atoms with Crippen molar-refractivity contribution in [1.29, 1.82) is 0 Å². The van der Waals surface area contributed by atoms with E-state index in [-0.39, 0.29) is 79.1 Å². The number of nitrogens with one attached hydrogen (secondary N) is 6. The van der Waals surface area contributed by atoms with Crippen molar-refractivity contribution in [3.63, 3.8) is 0 Å². The maximum absolute atomic E-state index is 14.4. The molecule has 108 heavy (non-hydrogen) atoms. The molecule has 29 heteroatoms. The maximum Gasteiger partial charge on any atom is 0.258 e. The molecule has 0 fully saturated rings. The van der Waals surface area contributed by atoms with Crippen molar-refractivity contribution in [3.05, 3.63) is 235 Å². The van der Waals surface area contributed by atoms with Crippen LogP contribution in [0.25, 0.3) is 66.0 Å². The van der Waals surface area contributed by atoms with Crippen molar-refractivity contribution >= 4 is 172 Å². The largest absolute Gasteiger partial charge is 0.495 e. The monoisotopic (exact) mass is 1570 g/mol. The number of halogens is 7. The molecule has 8 aromatic carbocycles. The van der Waals surface area contributed by atoms with Gasteiger partial charge in [0.2, 0.25) is 23.7 Å². The van der Waals surface area contributed by atoms with E-state index in [0.717, 1.165) is 22.4 Å². The lowest BCUT2D eigenvalue weighted by Gasteiger charge is -2.17. The molecule has 0 aliphatic rings. The van der Waals surface area contributed by atoms with E-state index < -0.39 is 29.1 Å². The number of fused-ring (bicyclic) bond motifs is 3. The summed E-state index contributed by atoms with van der Waals surface area (Å²) < 4.78 is 55.9. The average Bonchev–Trinajstić information content (AvgIpc) is 0.765. The van der Waals surface area contributed by atoms with Gasteiger partial charge in [-0.2, -0.15) is 0 Å². The lowest BCUT2D eigenvalue weighted by atomic mass is 10.0. The van der Waals surface area contributed by atoms with Crippen molar-refractivity contribution in [2.75, 3.05) is 80.7 Å². The van der Waals surface area contributed by atoms with Gasteiger partial charge in [0.05, 0.1) is 111 Å². The zero-order chi connectivity index (χ0) is 76.6. The molecule has 4 aromatic heterocycles. The summed E-state index contributed by atoms with van der Waals surface area (Å²) in [7, 11) is 8.98. The molecule has 0 aliphatic heterocycles. The highest BCUT2D eigenvalue weighted by molar-refractivity contribution is 6.43. The SMILES string of the molecule is C=CC(=O)Nc1cc(F)cc(C)c1Nc1ncc2cc(-c3c(Cl)c(OC)cc(OCC=CC(=O)Nc4ccccc4Nc4cc5c(cn4)cc(-c4c(Cl)c(OC)cc(OCC=CC(=O)Nc6cccc(OC)c6Nc6cc7ccc(-c8c(Cl)c(OC)cc(OC)c8Cl)cc7cn6)c4Cl)c(=O)n5C)c3Cl)ccc2n1. The first-order valence-electron chi connectivity index (χ1n) is 32.5. The summed E-state index contributed by atoms with van der Waals surface area (Å²) in [5.74, 6) is 0.909. The van der Waals surface area contributed by atoms with Crippen LogP contribution in [0.4, 0.5) is 56.1 Å². The van der Waals surface area contributed by atoms with Crippen LogP contribution in [0, 0.1) is 12.7 Å². The number of benzene rings is 8. The number of amides is 3. The van der Waals surface area contributed by atoms with Crippen LogP contribution in [0.15, 0.2) is 188 Å². The Morgan fingerprint density at radius 3 is 1.63 bits per heavy atom. The fourth-order valence-electron chi connectivity index (χ4n) is 11.7. The number of ether oxygens (including phenoxy) is 7. The highest BCUT2D eigenvalue weighted by Crippen LogP contribution is 2.50. The number of anilines is 9. The van der Waals surface area contributed by atoms with Crippen molar-refractivity contribution in [3.8, 4) is 73.6 Å². The van der Waals surface area contributed by atoms with Crippen LogP contribution in [0.2, 0.25) is 30.1 Å². The van der Waals surface area contributed by atoms with E-state index in [4.69, 9.17) is 103 Å². The average molecular weight is 1570 g/mol. The van der Waals surface area contributed by atoms with Crippen LogP contribution in [-0.4, -0.2) is 91.0 Å². The summed E-state index contributed by atoms with van der Waals surface area (Å²) in [4.78, 5) is 72.1. The topological polar surface area (TPSA) is 262 Å². The number of aromatic nitrogens is 5. The number of aryl methyl sites for hydroxylation is 2. The first-order valence-corrected chi connectivity index (χ1v) is 34.8. The van der Waals surface area contributed by atoms with Gasteiger partial charge in [0.25, 0.3) is 5.56 Å². The van der Waals surface area contributed by atoms with Gasteiger partial charge in [-0.05, 0) is 114 Å². The number of nitrogens with zero attached hydrogens (tertiary/aromatic N) is 5. The Morgan fingerprint density at radius 2 is 1.01 bits per heavy atom. The normalized spacial score (nSPS) is 11.2. The van der Waals surface area contributed by atoms with Gasteiger partial charge in [0.15, 0.2) is 0 Å². The van der Waals surface area contributed by atoms with E-state index in [1.54, 1.807) is 117 Å². The number of carbonyl (C=O) groups excluding carboxylic acids is 3. The molecular formula is C79H62Cl6FN11O11. The summed E-state index contributed by atoms with van der Waals surface area (Å²) in [5.41, 5.74) is 5.84. The zero-order valence-corrected chi connectivity index (χ0v) is 62.8. The van der Waals surface area contributed by atoms with Crippen LogP contribution in [0.5, 0.6) is 40.2 Å². The van der Waals surface area contributed by atoms with Crippen LogP contribution in [0.3, 0.4) is 0 Å². The second kappa shape index (κ2) is 33.3. The van der Waals surface area contributed by atoms with Gasteiger partial charge < -0.3 is 69.6 Å². The molecule has 4 heterocycles. The van der Waals surface area contributed by atoms with Gasteiger partial charge in [-0.25, -0.2) is 24.3 Å². The molecule has 0 bridgehead atoms. The van der Waals surface area contributed by atoms with E-state index in [0.29, 0.717) is 111 Å². The zero-order valence-electron chi connectivity index (χ0n) is 58.2. The van der Waals surface area contributed by atoms with Gasteiger partial charge in [-0.15, -0.1) is 0 Å².